The summed E-state index contributed by atoms with van der Waals surface area (Å²) < 4.78 is 5.54. The molecular formula is C33H50N2O3. The van der Waals surface area contributed by atoms with Crippen molar-refractivity contribution in [2.45, 2.75) is 100 Å². The van der Waals surface area contributed by atoms with Crippen LogP contribution in [0.25, 0.3) is 0 Å². The Morgan fingerprint density at radius 1 is 1.11 bits per heavy atom. The van der Waals surface area contributed by atoms with Gasteiger partial charge in [-0.2, -0.15) is 5.26 Å². The van der Waals surface area contributed by atoms with Crippen LogP contribution in [0.2, 0.25) is 0 Å². The second-order valence-electron chi connectivity index (χ2n) is 8.62. The van der Waals surface area contributed by atoms with Gasteiger partial charge < -0.3 is 15.2 Å². The fourth-order valence-electron chi connectivity index (χ4n) is 3.71. The van der Waals surface area contributed by atoms with Crippen LogP contribution < -0.4 is 5.32 Å². The van der Waals surface area contributed by atoms with Gasteiger partial charge >= 0.3 is 5.97 Å². The number of aliphatic carboxylic acids is 1. The third kappa shape index (κ3) is 12.9. The maximum Gasteiger partial charge on any atom is 0.333 e. The van der Waals surface area contributed by atoms with Crippen molar-refractivity contribution in [1.82, 2.24) is 5.32 Å². The smallest absolute Gasteiger partial charge is 0.333 e. The van der Waals surface area contributed by atoms with Crippen LogP contribution in [0.5, 0.6) is 0 Å². The van der Waals surface area contributed by atoms with Crippen LogP contribution in [-0.2, 0) is 22.5 Å². The molecule has 5 heteroatoms. The summed E-state index contributed by atoms with van der Waals surface area (Å²) in [5.41, 5.74) is 6.72. The summed E-state index contributed by atoms with van der Waals surface area (Å²) in [6.45, 7) is 27.4. The number of carboxylic acids is 1. The minimum Gasteiger partial charge on any atom is -0.479 e. The number of nitriles is 1. The highest BCUT2D eigenvalue weighted by atomic mass is 16.5. The molecule has 2 aromatic carbocycles. The van der Waals surface area contributed by atoms with E-state index < -0.39 is 12.1 Å². The first kappa shape index (κ1) is 37.0. The van der Waals surface area contributed by atoms with Gasteiger partial charge in [0.2, 0.25) is 0 Å². The molecule has 2 rings (SSSR count). The zero-order chi connectivity index (χ0) is 29.8. The molecule has 0 heterocycles. The summed E-state index contributed by atoms with van der Waals surface area (Å²) >= 11 is 0. The van der Waals surface area contributed by atoms with Gasteiger partial charge in [0, 0.05) is 13.0 Å². The van der Waals surface area contributed by atoms with E-state index >= 15 is 0 Å². The Kier molecular flexibility index (Phi) is 20.2. The Morgan fingerprint density at radius 3 is 2.13 bits per heavy atom. The molecule has 2 N–H and O–H groups in total. The number of ether oxygens (including phenoxy) is 1. The molecule has 0 aliphatic carbocycles. The Bertz CT molecular complexity index is 1040. The van der Waals surface area contributed by atoms with E-state index in [4.69, 9.17) is 4.74 Å². The first-order chi connectivity index (χ1) is 18.1. The fourth-order valence-corrected chi connectivity index (χ4v) is 3.71. The molecule has 5 nitrogen and oxygen atoms in total. The number of rotatable bonds is 10. The lowest BCUT2D eigenvalue weighted by molar-refractivity contribution is -0.153. The monoisotopic (exact) mass is 522 g/mol. The van der Waals surface area contributed by atoms with Crippen molar-refractivity contribution in [3.05, 3.63) is 94.6 Å². The van der Waals surface area contributed by atoms with Crippen molar-refractivity contribution >= 4 is 5.97 Å². The van der Waals surface area contributed by atoms with Crippen LogP contribution in [0.15, 0.2) is 55.6 Å². The second-order valence-corrected chi connectivity index (χ2v) is 8.62. The molecule has 0 saturated carbocycles. The van der Waals surface area contributed by atoms with Crippen LogP contribution in [0.4, 0.5) is 0 Å². The predicted octanol–water partition coefficient (Wildman–Crippen LogP) is 8.17. The molecule has 0 spiro atoms. The summed E-state index contributed by atoms with van der Waals surface area (Å²) in [5.74, 6) is -1.01. The minimum absolute atomic E-state index is 0.0368. The molecule has 2 unspecified atom stereocenters. The maximum atomic E-state index is 11.6. The van der Waals surface area contributed by atoms with Crippen molar-refractivity contribution in [1.29, 1.82) is 5.26 Å². The third-order valence-electron chi connectivity index (χ3n) is 5.34. The molecule has 38 heavy (non-hydrogen) atoms. The molecule has 210 valence electrons. The summed E-state index contributed by atoms with van der Waals surface area (Å²) in [7, 11) is 0. The molecule has 0 saturated heterocycles. The molecule has 0 aliphatic rings. The predicted molar refractivity (Wildman–Crippen MR) is 162 cm³/mol. The lowest BCUT2D eigenvalue weighted by Crippen LogP contribution is -2.29. The van der Waals surface area contributed by atoms with Crippen molar-refractivity contribution in [2.24, 2.45) is 0 Å². The maximum absolute atomic E-state index is 11.6. The first-order valence-corrected chi connectivity index (χ1v) is 13.5. The van der Waals surface area contributed by atoms with E-state index in [1.807, 2.05) is 67.5 Å². The van der Waals surface area contributed by atoms with E-state index in [1.165, 1.54) is 11.1 Å². The van der Waals surface area contributed by atoms with E-state index in [9.17, 15) is 15.2 Å². The van der Waals surface area contributed by atoms with Gasteiger partial charge in [-0.25, -0.2) is 4.79 Å². The quantitative estimate of drug-likeness (QED) is 0.308. The highest BCUT2D eigenvalue weighted by Gasteiger charge is 2.21. The standard InChI is InChI=1S/C26H32N2O3.C3H6.2C2H6/c1-7-24(23-9-8-17(4)10-18(23)5)28-15-22-12-20(11-21(14-27)19(22)6)13-25(26(29)30)31-16(2)3;1-3-2;2*1-2/h7-12,16,24-25,28H,1,13,15H2,2-6H3,(H,29,30);3H,1H2,2H3;2*1-2H3. The lowest BCUT2D eigenvalue weighted by Gasteiger charge is -2.20. The van der Waals surface area contributed by atoms with Crippen molar-refractivity contribution in [2.75, 3.05) is 0 Å². The average Bonchev–Trinajstić information content (AvgIpc) is 2.89. The van der Waals surface area contributed by atoms with Crippen LogP contribution >= 0.6 is 0 Å². The number of aryl methyl sites for hydroxylation is 2. The number of nitrogens with zero attached hydrogens (tertiary/aromatic N) is 1. The van der Waals surface area contributed by atoms with Gasteiger partial charge in [0.1, 0.15) is 0 Å². The largest absolute Gasteiger partial charge is 0.479 e. The van der Waals surface area contributed by atoms with Crippen LogP contribution in [0.1, 0.15) is 93.5 Å². The van der Waals surface area contributed by atoms with E-state index in [-0.39, 0.29) is 18.6 Å². The minimum atomic E-state index is -1.01. The van der Waals surface area contributed by atoms with Gasteiger partial charge in [-0.3, -0.25) is 0 Å². The fraction of sp³-hybridized carbons (Fsp3) is 0.455. The van der Waals surface area contributed by atoms with Gasteiger partial charge in [0.05, 0.1) is 23.8 Å². The topological polar surface area (TPSA) is 82.3 Å². The molecule has 0 radical (unpaired) electrons. The molecule has 0 aliphatic heterocycles. The molecular weight excluding hydrogens is 472 g/mol. The number of hydrogen-bond donors (Lipinski definition) is 2. The molecule has 0 amide bonds. The van der Waals surface area contributed by atoms with Gasteiger partial charge in [0.15, 0.2) is 6.10 Å². The molecule has 0 aromatic heterocycles. The summed E-state index contributed by atoms with van der Waals surface area (Å²) in [6, 6.07) is 12.3. The summed E-state index contributed by atoms with van der Waals surface area (Å²) in [6.07, 6.45) is 2.68. The number of benzene rings is 2. The van der Waals surface area contributed by atoms with Crippen LogP contribution in [-0.4, -0.2) is 23.3 Å². The number of carbonyl (C=O) groups is 1. The lowest BCUT2D eigenvalue weighted by atomic mass is 9.95. The molecule has 2 atom stereocenters. The van der Waals surface area contributed by atoms with Crippen molar-refractivity contribution in [3.8, 4) is 6.07 Å². The molecule has 0 fully saturated rings. The van der Waals surface area contributed by atoms with E-state index in [1.54, 1.807) is 12.1 Å². The Hall–Kier alpha value is -3.20. The Morgan fingerprint density at radius 2 is 1.68 bits per heavy atom. The Balaban J connectivity index is 0. The number of nitrogens with one attached hydrogen (secondary N) is 1. The van der Waals surface area contributed by atoms with E-state index in [0.717, 1.165) is 22.3 Å². The zero-order valence-electron chi connectivity index (χ0n) is 25.3. The van der Waals surface area contributed by atoms with Crippen molar-refractivity contribution < 1.29 is 14.6 Å². The number of carboxylic acid groups (broad SMARTS) is 1. The first-order valence-electron chi connectivity index (χ1n) is 13.5. The zero-order valence-corrected chi connectivity index (χ0v) is 25.3. The molecule has 0 bridgehead atoms. The highest BCUT2D eigenvalue weighted by molar-refractivity contribution is 5.72. The second kappa shape index (κ2) is 20.8. The summed E-state index contributed by atoms with van der Waals surface area (Å²) in [4.78, 5) is 11.6. The van der Waals surface area contributed by atoms with Crippen LogP contribution in [0.3, 0.4) is 0 Å². The van der Waals surface area contributed by atoms with Crippen LogP contribution in [0, 0.1) is 32.1 Å². The number of hydrogen-bond acceptors (Lipinski definition) is 4. The SMILES string of the molecule is C=CC.C=CC(NCc1cc(CC(OC(C)C)C(=O)O)cc(C#N)c1C)c1ccc(C)cc1C.CC.CC. The van der Waals surface area contributed by atoms with Gasteiger partial charge in [-0.1, -0.05) is 69.7 Å². The van der Waals surface area contributed by atoms with E-state index in [0.29, 0.717) is 12.1 Å². The highest BCUT2D eigenvalue weighted by Crippen LogP contribution is 2.23. The average molecular weight is 523 g/mol. The van der Waals surface area contributed by atoms with E-state index in [2.05, 4.69) is 56.6 Å². The van der Waals surface area contributed by atoms with Crippen molar-refractivity contribution in [3.63, 3.8) is 0 Å². The Labute approximate surface area is 232 Å². The normalized spacial score (nSPS) is 11.2. The van der Waals surface area contributed by atoms with Gasteiger partial charge in [-0.05, 0) is 75.4 Å². The summed E-state index contributed by atoms with van der Waals surface area (Å²) in [5, 5.41) is 22.6. The number of allylic oxidation sites excluding steroid dienone is 1. The van der Waals surface area contributed by atoms with Gasteiger partial charge in [-0.15, -0.1) is 13.2 Å². The third-order valence-corrected chi connectivity index (χ3v) is 5.34. The van der Waals surface area contributed by atoms with Gasteiger partial charge in [0.25, 0.3) is 0 Å². The molecule has 2 aromatic rings.